The van der Waals surface area contributed by atoms with E-state index in [0.29, 0.717) is 17.9 Å². The monoisotopic (exact) mass is 558 g/mol. The van der Waals surface area contributed by atoms with Gasteiger partial charge in [0, 0.05) is 18.5 Å². The lowest BCUT2D eigenvalue weighted by molar-refractivity contribution is -0.137. The smallest absolute Gasteiger partial charge is 0.416 e. The van der Waals surface area contributed by atoms with Crippen LogP contribution in [0.4, 0.5) is 13.2 Å². The average Bonchev–Trinajstić information content (AvgIpc) is 2.84. The van der Waals surface area contributed by atoms with Crippen LogP contribution in [0, 0.1) is 0 Å². The van der Waals surface area contributed by atoms with Crippen molar-refractivity contribution in [2.24, 2.45) is 0 Å². The highest BCUT2D eigenvalue weighted by Crippen LogP contribution is 2.31. The molecule has 0 radical (unpaired) electrons. The highest BCUT2D eigenvalue weighted by molar-refractivity contribution is 5.96. The van der Waals surface area contributed by atoms with E-state index in [0.717, 1.165) is 49.2 Å². The van der Waals surface area contributed by atoms with Gasteiger partial charge in [0.25, 0.3) is 0 Å². The predicted octanol–water partition coefficient (Wildman–Crippen LogP) is 7.31. The molecule has 9 heteroatoms. The third-order valence-corrected chi connectivity index (χ3v) is 5.09. The average molecular weight is 560 g/mol. The molecule has 3 aromatic carbocycles. The molecule has 1 N–H and O–H groups in total. The Labute approximate surface area is 230 Å². The Kier molecular flexibility index (Phi) is 16.6. The van der Waals surface area contributed by atoms with E-state index in [1.54, 1.807) is 6.07 Å². The lowest BCUT2D eigenvalue weighted by atomic mass is 10.1. The van der Waals surface area contributed by atoms with E-state index in [1.807, 2.05) is 74.6 Å². The summed E-state index contributed by atoms with van der Waals surface area (Å²) in [7, 11) is 5.85. The van der Waals surface area contributed by atoms with Gasteiger partial charge in [-0.2, -0.15) is 13.2 Å². The second kappa shape index (κ2) is 17.8. The van der Waals surface area contributed by atoms with Crippen molar-refractivity contribution in [3.63, 3.8) is 0 Å². The van der Waals surface area contributed by atoms with Gasteiger partial charge in [-0.1, -0.05) is 42.5 Å². The van der Waals surface area contributed by atoms with E-state index in [1.165, 1.54) is 12.1 Å². The van der Waals surface area contributed by atoms with Gasteiger partial charge in [0.2, 0.25) is 0 Å². The summed E-state index contributed by atoms with van der Waals surface area (Å²) in [6, 6.07) is 21.7. The number of benzene rings is 3. The minimum absolute atomic E-state index is 0. The molecule has 4 nitrogen and oxygen atoms in total. The topological polar surface area (TPSA) is 41.6 Å². The Hall–Kier alpha value is -2.58. The van der Waals surface area contributed by atoms with Gasteiger partial charge in [-0.3, -0.25) is 4.79 Å². The van der Waals surface area contributed by atoms with E-state index in [-0.39, 0.29) is 30.6 Å². The molecular formula is C28H35Cl2F3N2O2. The number of alkyl halides is 3. The maximum absolute atomic E-state index is 12.5. The van der Waals surface area contributed by atoms with Crippen molar-refractivity contribution in [2.75, 3.05) is 34.2 Å². The first-order chi connectivity index (χ1) is 16.7. The summed E-state index contributed by atoms with van der Waals surface area (Å²) < 4.78 is 43.1. The molecule has 0 saturated carbocycles. The first-order valence-electron chi connectivity index (χ1n) is 11.5. The van der Waals surface area contributed by atoms with Crippen LogP contribution in [-0.4, -0.2) is 44.9 Å². The van der Waals surface area contributed by atoms with Crippen molar-refractivity contribution in [3.05, 3.63) is 95.6 Å². The molecule has 0 aliphatic heterocycles. The lowest BCUT2D eigenvalue weighted by Gasteiger charge is -2.10. The van der Waals surface area contributed by atoms with Gasteiger partial charge in [-0.15, -0.1) is 24.8 Å². The maximum atomic E-state index is 12.5. The highest BCUT2D eigenvalue weighted by atomic mass is 35.5. The number of hydrogen-bond acceptors (Lipinski definition) is 4. The van der Waals surface area contributed by atoms with Gasteiger partial charge in [0.1, 0.15) is 11.5 Å². The number of Topliss-reactive ketones (excluding diaryl/α,β-unsaturated/α-hetero) is 1. The largest absolute Gasteiger partial charge is 0.457 e. The molecular weight excluding hydrogens is 524 g/mol. The normalized spacial score (nSPS) is 10.5. The molecule has 0 spiro atoms. The summed E-state index contributed by atoms with van der Waals surface area (Å²) in [6.07, 6.45) is -1.80. The molecule has 0 atom stereocenters. The Morgan fingerprint density at radius 1 is 0.892 bits per heavy atom. The molecule has 204 valence electrons. The van der Waals surface area contributed by atoms with Crippen molar-refractivity contribution >= 4 is 30.6 Å². The van der Waals surface area contributed by atoms with Crippen LogP contribution >= 0.6 is 24.8 Å². The van der Waals surface area contributed by atoms with Gasteiger partial charge >= 0.3 is 6.18 Å². The standard InChI is InChI=1S/C17H18F3NO.C11H15NO.2ClH/c1-21-11-3-5-13-4-2-6-16(12-13)22-15-9-7-14(8-10-15)17(18,19)20;1-12(2)9-8-11(13)10-6-4-3-5-7-10;;/h2,4,6-10,12,21H,3,5,11H2,1H3;3-7H,8-9H2,1-2H3;2*1H. The van der Waals surface area contributed by atoms with Gasteiger partial charge < -0.3 is 15.0 Å². The van der Waals surface area contributed by atoms with Crippen LogP contribution in [-0.2, 0) is 12.6 Å². The van der Waals surface area contributed by atoms with Crippen molar-refractivity contribution in [1.29, 1.82) is 0 Å². The fourth-order valence-electron chi connectivity index (χ4n) is 3.18. The molecule has 0 aliphatic carbocycles. The number of carbonyl (C=O) groups is 1. The van der Waals surface area contributed by atoms with Crippen molar-refractivity contribution < 1.29 is 22.7 Å². The van der Waals surface area contributed by atoms with Gasteiger partial charge in [0.05, 0.1) is 5.56 Å². The minimum atomic E-state index is -4.33. The number of rotatable bonds is 10. The van der Waals surface area contributed by atoms with E-state index in [2.05, 4.69) is 5.32 Å². The molecule has 3 rings (SSSR count). The summed E-state index contributed by atoms with van der Waals surface area (Å²) in [5.74, 6) is 1.23. The van der Waals surface area contributed by atoms with Crippen LogP contribution in [0.1, 0.15) is 34.3 Å². The number of halogens is 5. The van der Waals surface area contributed by atoms with E-state index >= 15 is 0 Å². The van der Waals surface area contributed by atoms with Crippen LogP contribution in [0.15, 0.2) is 78.9 Å². The number of nitrogens with zero attached hydrogens (tertiary/aromatic N) is 1. The predicted molar refractivity (Wildman–Crippen MR) is 149 cm³/mol. The Morgan fingerprint density at radius 2 is 1.54 bits per heavy atom. The zero-order valence-electron chi connectivity index (χ0n) is 21.3. The molecule has 0 saturated heterocycles. The molecule has 0 heterocycles. The molecule has 0 fully saturated rings. The van der Waals surface area contributed by atoms with E-state index in [4.69, 9.17) is 4.74 Å². The van der Waals surface area contributed by atoms with E-state index < -0.39 is 11.7 Å². The van der Waals surface area contributed by atoms with Crippen LogP contribution in [0.3, 0.4) is 0 Å². The zero-order chi connectivity index (χ0) is 25.7. The Balaban J connectivity index is 0.000000747. The van der Waals surface area contributed by atoms with Gasteiger partial charge in [-0.05, 0) is 82.5 Å². The number of hydrogen-bond donors (Lipinski definition) is 1. The SMILES string of the molecule is CN(C)CCC(=O)c1ccccc1.CNCCCc1cccc(Oc2ccc(C(F)(F)F)cc2)c1.Cl.Cl. The maximum Gasteiger partial charge on any atom is 0.416 e. The second-order valence-electron chi connectivity index (χ2n) is 8.32. The fourth-order valence-corrected chi connectivity index (χ4v) is 3.18. The molecule has 0 aromatic heterocycles. The van der Waals surface area contributed by atoms with Crippen molar-refractivity contribution in [1.82, 2.24) is 10.2 Å². The molecule has 3 aromatic rings. The Morgan fingerprint density at radius 3 is 2.11 bits per heavy atom. The number of carbonyl (C=O) groups excluding carboxylic acids is 1. The molecule has 0 unspecified atom stereocenters. The molecule has 0 amide bonds. The number of aryl methyl sites for hydroxylation is 1. The van der Waals surface area contributed by atoms with Gasteiger partial charge in [-0.25, -0.2) is 0 Å². The third-order valence-electron chi connectivity index (χ3n) is 5.09. The fraction of sp³-hybridized carbons (Fsp3) is 0.321. The van der Waals surface area contributed by atoms with Crippen molar-refractivity contribution in [3.8, 4) is 11.5 Å². The summed E-state index contributed by atoms with van der Waals surface area (Å²) >= 11 is 0. The zero-order valence-corrected chi connectivity index (χ0v) is 22.9. The van der Waals surface area contributed by atoms with Gasteiger partial charge in [0.15, 0.2) is 5.78 Å². The molecule has 0 bridgehead atoms. The lowest BCUT2D eigenvalue weighted by Crippen LogP contribution is -2.16. The number of ether oxygens (including phenoxy) is 1. The summed E-state index contributed by atoms with van der Waals surface area (Å²) in [5, 5.41) is 3.09. The first-order valence-corrected chi connectivity index (χ1v) is 11.5. The summed E-state index contributed by atoms with van der Waals surface area (Å²) in [6.45, 7) is 1.75. The minimum Gasteiger partial charge on any atom is -0.457 e. The second-order valence-corrected chi connectivity index (χ2v) is 8.32. The summed E-state index contributed by atoms with van der Waals surface area (Å²) in [5.41, 5.74) is 1.27. The Bertz CT molecular complexity index is 1030. The van der Waals surface area contributed by atoms with Crippen LogP contribution < -0.4 is 10.1 Å². The molecule has 37 heavy (non-hydrogen) atoms. The first kappa shape index (κ1) is 34.4. The quantitative estimate of drug-likeness (QED) is 0.209. The number of ketones is 1. The van der Waals surface area contributed by atoms with Crippen LogP contribution in [0.2, 0.25) is 0 Å². The molecule has 0 aliphatic rings. The summed E-state index contributed by atoms with van der Waals surface area (Å²) in [4.78, 5) is 13.5. The number of nitrogens with one attached hydrogen (secondary N) is 1. The van der Waals surface area contributed by atoms with Crippen LogP contribution in [0.5, 0.6) is 11.5 Å². The third kappa shape index (κ3) is 13.5. The van der Waals surface area contributed by atoms with Crippen LogP contribution in [0.25, 0.3) is 0 Å². The highest BCUT2D eigenvalue weighted by Gasteiger charge is 2.30. The van der Waals surface area contributed by atoms with E-state index in [9.17, 15) is 18.0 Å². The van der Waals surface area contributed by atoms with Crippen molar-refractivity contribution in [2.45, 2.75) is 25.4 Å².